The van der Waals surface area contributed by atoms with E-state index in [1.807, 2.05) is 19.2 Å². The van der Waals surface area contributed by atoms with Crippen LogP contribution in [0.5, 0.6) is 0 Å². The lowest BCUT2D eigenvalue weighted by Crippen LogP contribution is -2.19. The first-order valence-corrected chi connectivity index (χ1v) is 7.87. The van der Waals surface area contributed by atoms with E-state index in [2.05, 4.69) is 47.2 Å². The maximum Gasteiger partial charge on any atom is 0.0592 e. The average molecular weight is 373 g/mol. The summed E-state index contributed by atoms with van der Waals surface area (Å²) in [6.45, 7) is 4.18. The van der Waals surface area contributed by atoms with Crippen LogP contribution in [0.1, 0.15) is 28.3 Å². The van der Waals surface area contributed by atoms with Crippen LogP contribution in [-0.2, 0) is 0 Å². The van der Waals surface area contributed by atoms with Crippen LogP contribution in [0.4, 0.5) is 0 Å². The fourth-order valence-corrected chi connectivity index (χ4v) is 3.19. The second-order valence-electron chi connectivity index (χ2n) is 4.85. The van der Waals surface area contributed by atoms with Gasteiger partial charge in [-0.1, -0.05) is 45.2 Å². The molecule has 0 bridgehead atoms. The lowest BCUT2D eigenvalue weighted by Gasteiger charge is -2.22. The number of hydrogen-bond acceptors (Lipinski definition) is 1. The summed E-state index contributed by atoms with van der Waals surface area (Å²) >= 11 is 16.0. The molecular weight excluding hydrogens is 357 g/mol. The monoisotopic (exact) mass is 371 g/mol. The zero-order valence-corrected chi connectivity index (χ0v) is 14.7. The molecule has 0 fully saturated rings. The van der Waals surface area contributed by atoms with Crippen molar-refractivity contribution in [3.63, 3.8) is 0 Å². The zero-order valence-electron chi connectivity index (χ0n) is 11.6. The Hall–Kier alpha value is -0.540. The minimum Gasteiger partial charge on any atom is -0.309 e. The van der Waals surface area contributed by atoms with Crippen molar-refractivity contribution in [1.82, 2.24) is 5.32 Å². The van der Waals surface area contributed by atoms with E-state index in [0.717, 1.165) is 10.0 Å². The van der Waals surface area contributed by atoms with Crippen LogP contribution >= 0.6 is 39.1 Å². The van der Waals surface area contributed by atoms with Gasteiger partial charge in [0, 0.05) is 14.5 Å². The first-order chi connectivity index (χ1) is 9.43. The van der Waals surface area contributed by atoms with Gasteiger partial charge in [-0.2, -0.15) is 0 Å². The van der Waals surface area contributed by atoms with Crippen molar-refractivity contribution in [1.29, 1.82) is 0 Å². The van der Waals surface area contributed by atoms with Crippen LogP contribution in [0, 0.1) is 13.8 Å². The van der Waals surface area contributed by atoms with E-state index in [-0.39, 0.29) is 6.04 Å². The molecule has 20 heavy (non-hydrogen) atoms. The van der Waals surface area contributed by atoms with Crippen molar-refractivity contribution in [3.8, 4) is 0 Å². The second kappa shape index (κ2) is 6.48. The Labute approximate surface area is 138 Å². The Morgan fingerprint density at radius 3 is 2.35 bits per heavy atom. The van der Waals surface area contributed by atoms with Gasteiger partial charge in [-0.05, 0) is 67.4 Å². The summed E-state index contributed by atoms with van der Waals surface area (Å²) in [5.74, 6) is 0. The minimum absolute atomic E-state index is 0.0213. The average Bonchev–Trinajstić information content (AvgIpc) is 2.40. The maximum atomic E-state index is 6.34. The van der Waals surface area contributed by atoms with Crippen LogP contribution in [0.3, 0.4) is 0 Å². The van der Waals surface area contributed by atoms with Gasteiger partial charge in [0.1, 0.15) is 0 Å². The van der Waals surface area contributed by atoms with Crippen LogP contribution in [0.25, 0.3) is 0 Å². The fourth-order valence-electron chi connectivity index (χ4n) is 2.33. The molecule has 4 heteroatoms. The molecule has 106 valence electrons. The van der Waals surface area contributed by atoms with Gasteiger partial charge in [0.25, 0.3) is 0 Å². The van der Waals surface area contributed by atoms with Gasteiger partial charge in [0.05, 0.1) is 6.04 Å². The molecule has 1 unspecified atom stereocenters. The van der Waals surface area contributed by atoms with Gasteiger partial charge in [-0.15, -0.1) is 0 Å². The number of halogens is 3. The molecule has 1 atom stereocenters. The normalized spacial score (nSPS) is 12.5. The molecular formula is C16H16BrCl2N. The maximum absolute atomic E-state index is 6.34. The third kappa shape index (κ3) is 3.20. The lowest BCUT2D eigenvalue weighted by atomic mass is 9.93. The number of benzene rings is 2. The highest BCUT2D eigenvalue weighted by molar-refractivity contribution is 9.10. The molecule has 2 aromatic carbocycles. The molecule has 0 aliphatic heterocycles. The van der Waals surface area contributed by atoms with Crippen molar-refractivity contribution in [2.75, 3.05) is 7.05 Å². The van der Waals surface area contributed by atoms with Gasteiger partial charge in [0.15, 0.2) is 0 Å². The molecule has 1 nitrogen and oxygen atoms in total. The Morgan fingerprint density at radius 1 is 1.00 bits per heavy atom. The highest BCUT2D eigenvalue weighted by Gasteiger charge is 2.18. The topological polar surface area (TPSA) is 12.0 Å². The van der Waals surface area contributed by atoms with Crippen molar-refractivity contribution < 1.29 is 0 Å². The molecule has 0 amide bonds. The van der Waals surface area contributed by atoms with Gasteiger partial charge >= 0.3 is 0 Å². The van der Waals surface area contributed by atoms with Gasteiger partial charge < -0.3 is 5.32 Å². The van der Waals surface area contributed by atoms with E-state index in [4.69, 9.17) is 23.2 Å². The van der Waals surface area contributed by atoms with E-state index >= 15 is 0 Å². The lowest BCUT2D eigenvalue weighted by molar-refractivity contribution is 0.687. The summed E-state index contributed by atoms with van der Waals surface area (Å²) in [4.78, 5) is 0. The Kier molecular flexibility index (Phi) is 5.14. The number of rotatable bonds is 3. The second-order valence-corrected chi connectivity index (χ2v) is 6.54. The standard InChI is InChI=1S/C16H16BrCl2N/c1-9-7-14(17)10(2)6-12(9)16(20-3)13-8-11(18)4-5-15(13)19/h4-8,16,20H,1-3H3. The molecule has 2 rings (SSSR count). The molecule has 1 N–H and O–H groups in total. The first-order valence-electron chi connectivity index (χ1n) is 6.33. The van der Waals surface area contributed by atoms with Crippen LogP contribution < -0.4 is 5.32 Å². The van der Waals surface area contributed by atoms with Crippen molar-refractivity contribution >= 4 is 39.1 Å². The molecule has 0 spiro atoms. The number of aryl methyl sites for hydroxylation is 2. The Bertz CT molecular complexity index is 641. The summed E-state index contributed by atoms with van der Waals surface area (Å²) in [5, 5.41) is 4.74. The molecule has 0 saturated carbocycles. The van der Waals surface area contributed by atoms with Crippen molar-refractivity contribution in [3.05, 3.63) is 67.1 Å². The molecule has 0 radical (unpaired) electrons. The molecule has 2 aromatic rings. The van der Waals surface area contributed by atoms with E-state index < -0.39 is 0 Å². The van der Waals surface area contributed by atoms with Gasteiger partial charge in [0.2, 0.25) is 0 Å². The van der Waals surface area contributed by atoms with Crippen molar-refractivity contribution in [2.24, 2.45) is 0 Å². The molecule has 0 aromatic heterocycles. The summed E-state index contributed by atoms with van der Waals surface area (Å²) < 4.78 is 1.12. The number of nitrogens with one attached hydrogen (secondary N) is 1. The highest BCUT2D eigenvalue weighted by atomic mass is 79.9. The van der Waals surface area contributed by atoms with Gasteiger partial charge in [-0.3, -0.25) is 0 Å². The summed E-state index contributed by atoms with van der Waals surface area (Å²) in [6.07, 6.45) is 0. The van der Waals surface area contributed by atoms with E-state index in [0.29, 0.717) is 10.0 Å². The third-order valence-electron chi connectivity index (χ3n) is 3.42. The van der Waals surface area contributed by atoms with Crippen LogP contribution in [-0.4, -0.2) is 7.05 Å². The predicted octanol–water partition coefficient (Wildman–Crippen LogP) is 5.68. The first kappa shape index (κ1) is 15.8. The predicted molar refractivity (Wildman–Crippen MR) is 91.0 cm³/mol. The zero-order chi connectivity index (χ0) is 14.9. The summed E-state index contributed by atoms with van der Waals surface area (Å²) in [7, 11) is 1.93. The highest BCUT2D eigenvalue weighted by Crippen LogP contribution is 2.33. The Balaban J connectivity index is 2.58. The Morgan fingerprint density at radius 2 is 1.70 bits per heavy atom. The largest absolute Gasteiger partial charge is 0.309 e. The molecule has 0 saturated heterocycles. The van der Waals surface area contributed by atoms with E-state index in [1.165, 1.54) is 16.7 Å². The fraction of sp³-hybridized carbons (Fsp3) is 0.250. The minimum atomic E-state index is 0.0213. The van der Waals surface area contributed by atoms with E-state index in [1.54, 1.807) is 6.07 Å². The van der Waals surface area contributed by atoms with Gasteiger partial charge in [-0.25, -0.2) is 0 Å². The summed E-state index contributed by atoms with van der Waals surface area (Å²) in [5.41, 5.74) is 4.60. The third-order valence-corrected chi connectivity index (χ3v) is 4.85. The number of hydrogen-bond donors (Lipinski definition) is 1. The molecule has 0 aliphatic rings. The smallest absolute Gasteiger partial charge is 0.0592 e. The van der Waals surface area contributed by atoms with E-state index in [9.17, 15) is 0 Å². The summed E-state index contributed by atoms with van der Waals surface area (Å²) in [6, 6.07) is 9.89. The SMILES string of the molecule is CNC(c1cc(C)c(Br)cc1C)c1cc(Cl)ccc1Cl. The van der Waals surface area contributed by atoms with Crippen LogP contribution in [0.15, 0.2) is 34.8 Å². The molecule has 0 aliphatic carbocycles. The molecule has 0 heterocycles. The van der Waals surface area contributed by atoms with Crippen LogP contribution in [0.2, 0.25) is 10.0 Å². The van der Waals surface area contributed by atoms with Crippen molar-refractivity contribution in [2.45, 2.75) is 19.9 Å². The quantitative estimate of drug-likeness (QED) is 0.730.